The molecule has 0 aliphatic carbocycles. The lowest BCUT2D eigenvalue weighted by Gasteiger charge is -2.09. The Morgan fingerprint density at radius 1 is 1.12 bits per heavy atom. The molecule has 3 rings (SSSR count). The molecule has 0 spiro atoms. The summed E-state index contributed by atoms with van der Waals surface area (Å²) in [6.45, 7) is 8.73. The number of nitrogens with one attached hydrogen (secondary N) is 1. The Morgan fingerprint density at radius 2 is 1.84 bits per heavy atom. The van der Waals surface area contributed by atoms with E-state index < -0.39 is 11.2 Å². The number of hydrogen-bond acceptors (Lipinski definition) is 4. The molecule has 3 aromatic rings. The second-order valence-electron chi connectivity index (χ2n) is 6.47. The number of aromatic nitrogens is 6. The molecule has 0 saturated carbocycles. The molecule has 8 nitrogen and oxygen atoms in total. The zero-order valence-corrected chi connectivity index (χ0v) is 15.4. The fourth-order valence-electron chi connectivity index (χ4n) is 3.03. The molecule has 0 bridgehead atoms. The van der Waals surface area contributed by atoms with E-state index in [1.54, 1.807) is 11.7 Å². The van der Waals surface area contributed by atoms with Crippen LogP contribution in [0.1, 0.15) is 43.1 Å². The average Bonchev–Trinajstić information content (AvgIpc) is 3.07. The van der Waals surface area contributed by atoms with Crippen LogP contribution in [0.4, 0.5) is 0 Å². The fraction of sp³-hybridized carbons (Fsp3) is 0.529. The van der Waals surface area contributed by atoms with Crippen molar-refractivity contribution in [2.45, 2.75) is 53.5 Å². The highest BCUT2D eigenvalue weighted by Gasteiger charge is 2.21. The molecule has 1 N–H and O–H groups in total. The molecule has 0 aromatic carbocycles. The van der Waals surface area contributed by atoms with Gasteiger partial charge in [-0.05, 0) is 32.8 Å². The summed E-state index contributed by atoms with van der Waals surface area (Å²) in [6.07, 6.45) is 3.06. The molecule has 134 valence electrons. The number of aryl methyl sites for hydroxylation is 3. The van der Waals surface area contributed by atoms with Gasteiger partial charge >= 0.3 is 5.69 Å². The Bertz CT molecular complexity index is 1050. The monoisotopic (exact) mass is 344 g/mol. The van der Waals surface area contributed by atoms with Gasteiger partial charge in [0.15, 0.2) is 11.2 Å². The van der Waals surface area contributed by atoms with E-state index >= 15 is 0 Å². The molecule has 0 radical (unpaired) electrons. The first-order valence-electron chi connectivity index (χ1n) is 8.59. The van der Waals surface area contributed by atoms with Crippen molar-refractivity contribution in [2.24, 2.45) is 7.05 Å². The Kier molecular flexibility index (Phi) is 4.36. The molecule has 3 aromatic heterocycles. The Morgan fingerprint density at radius 3 is 2.44 bits per heavy atom. The fourth-order valence-corrected chi connectivity index (χ4v) is 3.03. The third-order valence-corrected chi connectivity index (χ3v) is 4.81. The summed E-state index contributed by atoms with van der Waals surface area (Å²) in [7, 11) is 1.61. The Balaban J connectivity index is 2.33. The van der Waals surface area contributed by atoms with Gasteiger partial charge in [-0.2, -0.15) is 10.1 Å². The van der Waals surface area contributed by atoms with E-state index in [1.807, 2.05) is 25.3 Å². The van der Waals surface area contributed by atoms with Crippen molar-refractivity contribution in [1.29, 1.82) is 0 Å². The molecule has 0 saturated heterocycles. The predicted octanol–water partition coefficient (Wildman–Crippen LogP) is 1.72. The van der Waals surface area contributed by atoms with Crippen molar-refractivity contribution >= 4 is 11.2 Å². The van der Waals surface area contributed by atoms with Gasteiger partial charge in [0.25, 0.3) is 5.56 Å². The smallest absolute Gasteiger partial charge is 0.302 e. The minimum Gasteiger partial charge on any atom is -0.302 e. The second kappa shape index (κ2) is 6.34. The average molecular weight is 344 g/mol. The summed E-state index contributed by atoms with van der Waals surface area (Å²) in [5.74, 6) is 0.575. The van der Waals surface area contributed by atoms with Crippen molar-refractivity contribution < 1.29 is 0 Å². The summed E-state index contributed by atoms with van der Waals surface area (Å²) in [5, 5.41) is 4.58. The molecule has 0 aliphatic rings. The number of H-pyrrole nitrogens is 1. The molecule has 25 heavy (non-hydrogen) atoms. The van der Waals surface area contributed by atoms with E-state index in [0.29, 0.717) is 23.7 Å². The summed E-state index contributed by atoms with van der Waals surface area (Å²) >= 11 is 0. The highest BCUT2D eigenvalue weighted by Crippen LogP contribution is 2.20. The zero-order valence-electron chi connectivity index (χ0n) is 15.4. The number of unbranched alkanes of at least 4 members (excludes halogenated alkanes) is 2. The summed E-state index contributed by atoms with van der Waals surface area (Å²) < 4.78 is 5.01. The summed E-state index contributed by atoms with van der Waals surface area (Å²) in [4.78, 5) is 31.4. The number of imidazole rings is 1. The van der Waals surface area contributed by atoms with Gasteiger partial charge in [0.2, 0.25) is 5.95 Å². The molecular weight excluding hydrogens is 320 g/mol. The molecule has 0 amide bonds. The van der Waals surface area contributed by atoms with E-state index in [2.05, 4.69) is 22.0 Å². The van der Waals surface area contributed by atoms with E-state index in [9.17, 15) is 9.59 Å². The minimum atomic E-state index is -0.466. The minimum absolute atomic E-state index is 0.380. The molecule has 8 heteroatoms. The van der Waals surface area contributed by atoms with Crippen LogP contribution in [0, 0.1) is 20.8 Å². The van der Waals surface area contributed by atoms with Gasteiger partial charge in [-0.3, -0.25) is 14.3 Å². The molecule has 3 heterocycles. The lowest BCUT2D eigenvalue weighted by Crippen LogP contribution is -2.29. The number of nitrogens with zero attached hydrogens (tertiary/aromatic N) is 5. The van der Waals surface area contributed by atoms with E-state index in [1.165, 1.54) is 4.57 Å². The van der Waals surface area contributed by atoms with Crippen LogP contribution in [0.2, 0.25) is 0 Å². The van der Waals surface area contributed by atoms with Gasteiger partial charge in [-0.15, -0.1) is 0 Å². The number of hydrogen-bond donors (Lipinski definition) is 1. The number of fused-ring (bicyclic) bond motifs is 1. The highest BCUT2D eigenvalue weighted by atomic mass is 16.2. The standard InChI is InChI=1S/C17H24N6O2/c1-6-7-8-9-22-13-14(21(5)17(25)19-15(13)24)18-16(22)23-12(4)10(2)11(3)20-23/h6-9H2,1-5H3,(H,19,24,25). The summed E-state index contributed by atoms with van der Waals surface area (Å²) in [5.41, 5.74) is 2.91. The lowest BCUT2D eigenvalue weighted by atomic mass is 10.2. The number of rotatable bonds is 5. The third kappa shape index (κ3) is 2.71. The topological polar surface area (TPSA) is 90.5 Å². The largest absolute Gasteiger partial charge is 0.329 e. The number of aromatic amines is 1. The lowest BCUT2D eigenvalue weighted by molar-refractivity contribution is 0.588. The van der Waals surface area contributed by atoms with Crippen LogP contribution in [-0.2, 0) is 13.6 Å². The normalized spacial score (nSPS) is 11.6. The van der Waals surface area contributed by atoms with Crippen molar-refractivity contribution in [3.8, 4) is 5.95 Å². The van der Waals surface area contributed by atoms with Gasteiger partial charge in [-0.25, -0.2) is 9.48 Å². The first-order valence-corrected chi connectivity index (χ1v) is 8.59. The van der Waals surface area contributed by atoms with Gasteiger partial charge in [0.05, 0.1) is 5.69 Å². The molecule has 0 atom stereocenters. The molecule has 0 unspecified atom stereocenters. The second-order valence-corrected chi connectivity index (χ2v) is 6.47. The van der Waals surface area contributed by atoms with Crippen molar-refractivity contribution in [3.05, 3.63) is 37.8 Å². The van der Waals surface area contributed by atoms with Crippen LogP contribution in [-0.4, -0.2) is 28.9 Å². The predicted molar refractivity (Wildman–Crippen MR) is 96.5 cm³/mol. The quantitative estimate of drug-likeness (QED) is 0.714. The van der Waals surface area contributed by atoms with Gasteiger partial charge in [-0.1, -0.05) is 19.8 Å². The van der Waals surface area contributed by atoms with E-state index in [-0.39, 0.29) is 0 Å². The zero-order chi connectivity index (χ0) is 18.3. The van der Waals surface area contributed by atoms with Crippen LogP contribution in [0.25, 0.3) is 17.1 Å². The maximum Gasteiger partial charge on any atom is 0.329 e. The maximum atomic E-state index is 12.4. The van der Waals surface area contributed by atoms with Crippen LogP contribution >= 0.6 is 0 Å². The Hall–Kier alpha value is -2.64. The highest BCUT2D eigenvalue weighted by molar-refractivity contribution is 5.72. The van der Waals surface area contributed by atoms with Crippen LogP contribution in [0.3, 0.4) is 0 Å². The Labute approximate surface area is 145 Å². The molecule has 0 aliphatic heterocycles. The van der Waals surface area contributed by atoms with Crippen LogP contribution in [0.5, 0.6) is 0 Å². The van der Waals surface area contributed by atoms with E-state index in [0.717, 1.165) is 36.2 Å². The van der Waals surface area contributed by atoms with Crippen molar-refractivity contribution in [1.82, 2.24) is 28.9 Å². The van der Waals surface area contributed by atoms with Gasteiger partial charge in [0.1, 0.15) is 0 Å². The van der Waals surface area contributed by atoms with Gasteiger partial charge < -0.3 is 4.57 Å². The van der Waals surface area contributed by atoms with Crippen molar-refractivity contribution in [2.75, 3.05) is 0 Å². The maximum absolute atomic E-state index is 12.4. The SMILES string of the molecule is CCCCCn1c(-n2nc(C)c(C)c2C)nc2c1c(=O)[nH]c(=O)n2C. The van der Waals surface area contributed by atoms with Crippen LogP contribution < -0.4 is 11.2 Å². The van der Waals surface area contributed by atoms with E-state index in [4.69, 9.17) is 0 Å². The third-order valence-electron chi connectivity index (χ3n) is 4.81. The molecular formula is C17H24N6O2. The van der Waals surface area contributed by atoms with Crippen LogP contribution in [0.15, 0.2) is 9.59 Å². The van der Waals surface area contributed by atoms with Gasteiger partial charge in [0, 0.05) is 19.3 Å². The first kappa shape index (κ1) is 17.2. The first-order chi connectivity index (χ1) is 11.9. The molecule has 0 fully saturated rings. The van der Waals surface area contributed by atoms with Crippen molar-refractivity contribution in [3.63, 3.8) is 0 Å². The summed E-state index contributed by atoms with van der Waals surface area (Å²) in [6, 6.07) is 0.